The zero-order chi connectivity index (χ0) is 17.0. The highest BCUT2D eigenvalue weighted by Crippen LogP contribution is 2.22. The highest BCUT2D eigenvalue weighted by Gasteiger charge is 2.35. The number of carbonyl (C=O) groups is 1. The molecule has 0 fully saturated rings. The summed E-state index contributed by atoms with van der Waals surface area (Å²) >= 11 is 0. The van der Waals surface area contributed by atoms with Crippen molar-refractivity contribution in [3.05, 3.63) is 29.8 Å². The third-order valence-corrected chi connectivity index (χ3v) is 4.32. The number of alkyl halides is 3. The summed E-state index contributed by atoms with van der Waals surface area (Å²) in [6.45, 7) is 1.72. The van der Waals surface area contributed by atoms with Gasteiger partial charge in [0.15, 0.2) is 15.6 Å². The van der Waals surface area contributed by atoms with Crippen LogP contribution in [-0.4, -0.2) is 32.8 Å². The van der Waals surface area contributed by atoms with Gasteiger partial charge < -0.3 is 5.32 Å². The number of hydrogen-bond acceptors (Lipinski definition) is 4. The minimum Gasteiger partial charge on any atom is -0.351 e. The third kappa shape index (κ3) is 5.37. The molecule has 0 heterocycles. The molecular formula is C13H13F3N2O3S. The first kappa shape index (κ1) is 18.0. The Morgan fingerprint density at radius 1 is 1.32 bits per heavy atom. The highest BCUT2D eigenvalue weighted by atomic mass is 32.2. The Labute approximate surface area is 125 Å². The lowest BCUT2D eigenvalue weighted by Crippen LogP contribution is -2.27. The van der Waals surface area contributed by atoms with E-state index in [1.807, 2.05) is 6.07 Å². The Kier molecular flexibility index (Phi) is 5.54. The van der Waals surface area contributed by atoms with Gasteiger partial charge >= 0.3 is 6.18 Å². The number of amides is 1. The van der Waals surface area contributed by atoms with Crippen molar-refractivity contribution >= 4 is 15.7 Å². The molecule has 0 saturated carbocycles. The minimum atomic E-state index is -4.83. The first-order chi connectivity index (χ1) is 10.0. The van der Waals surface area contributed by atoms with E-state index in [1.54, 1.807) is 6.92 Å². The number of nitrogens with one attached hydrogen (secondary N) is 1. The van der Waals surface area contributed by atoms with Gasteiger partial charge in [-0.3, -0.25) is 4.79 Å². The van der Waals surface area contributed by atoms with Crippen LogP contribution in [0, 0.1) is 17.2 Å². The monoisotopic (exact) mass is 334 g/mol. The van der Waals surface area contributed by atoms with E-state index in [9.17, 15) is 26.4 Å². The van der Waals surface area contributed by atoms with Crippen LogP contribution in [0.25, 0.3) is 0 Å². The molecule has 9 heteroatoms. The summed E-state index contributed by atoms with van der Waals surface area (Å²) in [5.74, 6) is -2.89. The normalized spacial score (nSPS) is 13.2. The Balaban J connectivity index is 2.83. The maximum atomic E-state index is 12.2. The van der Waals surface area contributed by atoms with Gasteiger partial charge in [-0.1, -0.05) is 0 Å². The molecule has 0 aliphatic carbocycles. The average Bonchev–Trinajstić information content (AvgIpc) is 2.42. The maximum Gasteiger partial charge on any atom is 0.403 e. The Bertz CT molecular complexity index is 676. The van der Waals surface area contributed by atoms with E-state index in [0.29, 0.717) is 0 Å². The predicted molar refractivity (Wildman–Crippen MR) is 71.7 cm³/mol. The molecule has 1 N–H and O–H groups in total. The number of nitriles is 1. The molecule has 5 nitrogen and oxygen atoms in total. The van der Waals surface area contributed by atoms with Crippen molar-refractivity contribution < 1.29 is 26.4 Å². The molecule has 120 valence electrons. The lowest BCUT2D eigenvalue weighted by molar-refractivity contribution is -0.106. The second-order valence-electron chi connectivity index (χ2n) is 4.64. The molecule has 1 aromatic carbocycles. The van der Waals surface area contributed by atoms with Crippen molar-refractivity contribution in [1.29, 1.82) is 5.26 Å². The van der Waals surface area contributed by atoms with Gasteiger partial charge in [0.1, 0.15) is 0 Å². The summed E-state index contributed by atoms with van der Waals surface area (Å²) in [5.41, 5.74) is 0.0936. The summed E-state index contributed by atoms with van der Waals surface area (Å²) in [7, 11) is -4.49. The largest absolute Gasteiger partial charge is 0.403 e. The lowest BCUT2D eigenvalue weighted by atomic mass is 10.2. The van der Waals surface area contributed by atoms with E-state index in [1.165, 1.54) is 0 Å². The molecule has 0 aromatic heterocycles. The number of hydrogen-bond donors (Lipinski definition) is 1. The molecule has 1 amide bonds. The van der Waals surface area contributed by atoms with Crippen LogP contribution < -0.4 is 5.32 Å². The predicted octanol–water partition coefficient (Wildman–Crippen LogP) is 1.91. The van der Waals surface area contributed by atoms with Crippen molar-refractivity contribution in [3.8, 4) is 6.07 Å². The molecule has 0 bridgehead atoms. The van der Waals surface area contributed by atoms with Crippen molar-refractivity contribution in [2.75, 3.05) is 12.3 Å². The van der Waals surface area contributed by atoms with Crippen LogP contribution in [0.2, 0.25) is 0 Å². The maximum absolute atomic E-state index is 12.2. The van der Waals surface area contributed by atoms with E-state index in [0.717, 1.165) is 24.3 Å². The van der Waals surface area contributed by atoms with Gasteiger partial charge in [0.05, 0.1) is 16.9 Å². The molecule has 0 saturated heterocycles. The SMILES string of the molecule is C[C@@H](C#N)CNC(=O)c1ccc(S(=O)(=O)CC(F)(F)F)cc1. The summed E-state index contributed by atoms with van der Waals surface area (Å²) in [5, 5.41) is 11.0. The number of rotatable bonds is 5. The molecular weight excluding hydrogens is 321 g/mol. The topological polar surface area (TPSA) is 87.0 Å². The van der Waals surface area contributed by atoms with Crippen LogP contribution >= 0.6 is 0 Å². The Hall–Kier alpha value is -2.08. The zero-order valence-corrected chi connectivity index (χ0v) is 12.3. The molecule has 0 radical (unpaired) electrons. The first-order valence-corrected chi connectivity index (χ1v) is 7.78. The number of halogens is 3. The molecule has 0 spiro atoms. The van der Waals surface area contributed by atoms with Crippen LogP contribution in [0.3, 0.4) is 0 Å². The van der Waals surface area contributed by atoms with Crippen molar-refractivity contribution in [1.82, 2.24) is 5.32 Å². The Morgan fingerprint density at radius 3 is 2.32 bits per heavy atom. The van der Waals surface area contributed by atoms with E-state index >= 15 is 0 Å². The van der Waals surface area contributed by atoms with Crippen LogP contribution in [0.1, 0.15) is 17.3 Å². The van der Waals surface area contributed by atoms with Gasteiger partial charge in [0, 0.05) is 12.1 Å². The molecule has 1 rings (SSSR count). The van der Waals surface area contributed by atoms with Gasteiger partial charge in [-0.15, -0.1) is 0 Å². The van der Waals surface area contributed by atoms with E-state index < -0.39 is 38.5 Å². The number of carbonyl (C=O) groups excluding carboxylic acids is 1. The van der Waals surface area contributed by atoms with E-state index in [-0.39, 0.29) is 12.1 Å². The molecule has 22 heavy (non-hydrogen) atoms. The minimum absolute atomic E-state index is 0.0936. The first-order valence-electron chi connectivity index (χ1n) is 6.12. The summed E-state index contributed by atoms with van der Waals surface area (Å²) in [6.07, 6.45) is -4.83. The van der Waals surface area contributed by atoms with Gasteiger partial charge in [-0.2, -0.15) is 18.4 Å². The number of sulfone groups is 1. The summed E-state index contributed by atoms with van der Waals surface area (Å²) in [6, 6.07) is 6.06. The highest BCUT2D eigenvalue weighted by molar-refractivity contribution is 7.91. The fourth-order valence-corrected chi connectivity index (χ4v) is 2.65. The fraction of sp³-hybridized carbons (Fsp3) is 0.385. The van der Waals surface area contributed by atoms with E-state index in [2.05, 4.69) is 5.32 Å². The number of nitrogens with zero attached hydrogens (tertiary/aromatic N) is 1. The van der Waals surface area contributed by atoms with Gasteiger partial charge in [-0.05, 0) is 31.2 Å². The summed E-state index contributed by atoms with van der Waals surface area (Å²) < 4.78 is 59.6. The molecule has 0 aliphatic heterocycles. The second-order valence-corrected chi connectivity index (χ2v) is 6.63. The summed E-state index contributed by atoms with van der Waals surface area (Å²) in [4.78, 5) is 11.2. The fourth-order valence-electron chi connectivity index (χ4n) is 1.51. The van der Waals surface area contributed by atoms with Gasteiger partial charge in [0.25, 0.3) is 5.91 Å². The van der Waals surface area contributed by atoms with Crippen molar-refractivity contribution in [3.63, 3.8) is 0 Å². The average molecular weight is 334 g/mol. The Morgan fingerprint density at radius 2 is 1.86 bits per heavy atom. The van der Waals surface area contributed by atoms with Crippen molar-refractivity contribution in [2.24, 2.45) is 5.92 Å². The van der Waals surface area contributed by atoms with Gasteiger partial charge in [-0.25, -0.2) is 8.42 Å². The second kappa shape index (κ2) is 6.79. The lowest BCUT2D eigenvalue weighted by Gasteiger charge is -2.09. The van der Waals surface area contributed by atoms with Crippen LogP contribution in [0.5, 0.6) is 0 Å². The van der Waals surface area contributed by atoms with Crippen molar-refractivity contribution in [2.45, 2.75) is 18.0 Å². The van der Waals surface area contributed by atoms with Crippen LogP contribution in [-0.2, 0) is 9.84 Å². The molecule has 0 aliphatic rings. The van der Waals surface area contributed by atoms with Crippen LogP contribution in [0.4, 0.5) is 13.2 Å². The smallest absolute Gasteiger partial charge is 0.351 e. The molecule has 1 atom stereocenters. The number of benzene rings is 1. The molecule has 0 unspecified atom stereocenters. The third-order valence-electron chi connectivity index (χ3n) is 2.62. The molecule has 1 aromatic rings. The van der Waals surface area contributed by atoms with E-state index in [4.69, 9.17) is 5.26 Å². The van der Waals surface area contributed by atoms with Gasteiger partial charge in [0.2, 0.25) is 0 Å². The quantitative estimate of drug-likeness (QED) is 0.891. The standard InChI is InChI=1S/C13H13F3N2O3S/c1-9(6-17)7-18-12(19)10-2-4-11(5-3-10)22(20,21)8-13(14,15)16/h2-5,9H,7-8H2,1H3,(H,18,19)/t9-/m0/s1. The van der Waals surface area contributed by atoms with Crippen LogP contribution in [0.15, 0.2) is 29.2 Å². The zero-order valence-electron chi connectivity index (χ0n) is 11.5.